The zero-order chi connectivity index (χ0) is 11.5. The molecule has 0 amide bonds. The summed E-state index contributed by atoms with van der Waals surface area (Å²) >= 11 is 4.25. The molecule has 0 bridgehead atoms. The third kappa shape index (κ3) is 6.80. The molecule has 1 aromatic carbocycles. The van der Waals surface area contributed by atoms with Crippen molar-refractivity contribution in [3.05, 3.63) is 42.3 Å². The summed E-state index contributed by atoms with van der Waals surface area (Å²) in [7, 11) is 0. The zero-order valence-corrected chi connectivity index (χ0v) is 13.3. The Bertz CT molecular complexity index is 265. The van der Waals surface area contributed by atoms with E-state index in [9.17, 15) is 4.79 Å². The number of hydrogen-bond donors (Lipinski definition) is 0. The molecule has 0 unspecified atom stereocenters. The topological polar surface area (TPSA) is 26.3 Å². The van der Waals surface area contributed by atoms with E-state index >= 15 is 0 Å². The minimum absolute atomic E-state index is 0.248. The second kappa shape index (κ2) is 10.3. The van der Waals surface area contributed by atoms with E-state index in [2.05, 4.69) is 13.6 Å². The molecule has 78 valence electrons. The molecule has 0 saturated carbocycles. The van der Waals surface area contributed by atoms with Gasteiger partial charge in [0.05, 0.1) is 12.2 Å². The fraction of sp³-hybridized carbons (Fsp3) is 0.273. The van der Waals surface area contributed by atoms with Crippen LogP contribution in [0, 0.1) is 6.42 Å². The number of unbranched alkanes of at least 4 members (excludes halogenated alkanes) is 1. The number of carbonyl (C=O) groups is 1. The number of halogens is 1. The van der Waals surface area contributed by atoms with Crippen molar-refractivity contribution >= 4 is 19.6 Å². The first-order chi connectivity index (χ1) is 7.34. The molecule has 0 spiro atoms. The van der Waals surface area contributed by atoms with Crippen LogP contribution >= 0.6 is 13.6 Å². The number of esters is 1. The molecule has 0 fully saturated rings. The summed E-state index contributed by atoms with van der Waals surface area (Å²) in [4.78, 5) is 11.3. The van der Waals surface area contributed by atoms with Crippen molar-refractivity contribution in [1.82, 2.24) is 0 Å². The summed E-state index contributed by atoms with van der Waals surface area (Å²) < 4.78 is 5.00. The van der Waals surface area contributed by atoms with Crippen LogP contribution in [0.3, 0.4) is 0 Å². The van der Waals surface area contributed by atoms with Gasteiger partial charge >= 0.3 is 35.9 Å². The molecule has 0 heterocycles. The van der Waals surface area contributed by atoms with E-state index in [0.29, 0.717) is 12.2 Å². The molecule has 15 heavy (non-hydrogen) atoms. The summed E-state index contributed by atoms with van der Waals surface area (Å²) in [6, 6.07) is 9.01. The van der Waals surface area contributed by atoms with Crippen LogP contribution in [0.5, 0.6) is 0 Å². The van der Waals surface area contributed by atoms with E-state index in [4.69, 9.17) is 4.74 Å². The molecule has 0 saturated heterocycles. The van der Waals surface area contributed by atoms with Gasteiger partial charge in [-0.2, -0.15) is 6.92 Å². The fourth-order valence-corrected chi connectivity index (χ4v) is 0.927. The van der Waals surface area contributed by atoms with E-state index in [0.717, 1.165) is 6.42 Å². The Morgan fingerprint density at radius 1 is 1.40 bits per heavy atom. The number of hydrogen-bond acceptors (Lipinski definition) is 2. The van der Waals surface area contributed by atoms with Crippen LogP contribution in [-0.4, -0.2) is 12.6 Å². The SMILES string of the molecule is C[CH-]CCOC(=O)c1ccccc1.[Zn+][Br]. The first-order valence-corrected chi connectivity index (χ1v) is 11.6. The maximum atomic E-state index is 11.3. The number of ether oxygens (including phenoxy) is 1. The van der Waals surface area contributed by atoms with Crippen molar-refractivity contribution in [3.8, 4) is 0 Å². The van der Waals surface area contributed by atoms with Gasteiger partial charge < -0.3 is 11.2 Å². The third-order valence-corrected chi connectivity index (χ3v) is 1.65. The predicted octanol–water partition coefficient (Wildman–Crippen LogP) is 3.30. The molecule has 0 atom stereocenters. The van der Waals surface area contributed by atoms with Gasteiger partial charge in [0.1, 0.15) is 0 Å². The first-order valence-electron chi connectivity index (χ1n) is 4.61. The van der Waals surface area contributed by atoms with Crippen molar-refractivity contribution in [2.24, 2.45) is 0 Å². The molecule has 0 aromatic heterocycles. The summed E-state index contributed by atoms with van der Waals surface area (Å²) in [6.07, 6.45) is 2.77. The molecule has 0 aliphatic carbocycles. The average molecular weight is 323 g/mol. The molecule has 4 heteroatoms. The standard InChI is InChI=1S/C11H13O2.BrH.Zn/c1-2-3-9-13-11(12)10-7-5-4-6-8-10;;/h2,4-8H,3,9H2,1H3;1H;/q-1;;+2/p-1. The van der Waals surface area contributed by atoms with Crippen LogP contribution in [0.4, 0.5) is 0 Å². The Hall–Kier alpha value is -0.207. The van der Waals surface area contributed by atoms with Gasteiger partial charge in [-0.15, -0.1) is 6.42 Å². The second-order valence-electron chi connectivity index (χ2n) is 2.70. The Morgan fingerprint density at radius 3 is 2.53 bits per heavy atom. The number of carbonyl (C=O) groups excluding carboxylic acids is 1. The monoisotopic (exact) mass is 320 g/mol. The summed E-state index contributed by atoms with van der Waals surface area (Å²) in [6.45, 7) is 2.40. The molecule has 1 rings (SSSR count). The normalized spacial score (nSPS) is 8.80. The quantitative estimate of drug-likeness (QED) is 0.368. The van der Waals surface area contributed by atoms with Crippen LogP contribution in [0.25, 0.3) is 0 Å². The van der Waals surface area contributed by atoms with Gasteiger partial charge in [-0.25, -0.2) is 4.79 Å². The molecular formula is C11H13BrO2Zn. The fourth-order valence-electron chi connectivity index (χ4n) is 0.927. The van der Waals surface area contributed by atoms with Gasteiger partial charge in [-0.05, 0) is 12.1 Å². The third-order valence-electron chi connectivity index (χ3n) is 1.65. The Kier molecular flexibility index (Phi) is 10.2. The van der Waals surface area contributed by atoms with Crippen LogP contribution in [0.15, 0.2) is 30.3 Å². The van der Waals surface area contributed by atoms with Crippen molar-refractivity contribution in [1.29, 1.82) is 0 Å². The predicted molar refractivity (Wildman–Crippen MR) is 60.2 cm³/mol. The summed E-state index contributed by atoms with van der Waals surface area (Å²) in [5.74, 6) is -0.248. The Labute approximate surface area is 107 Å². The summed E-state index contributed by atoms with van der Waals surface area (Å²) in [5.41, 5.74) is 0.610. The Morgan fingerprint density at radius 2 is 2.00 bits per heavy atom. The van der Waals surface area contributed by atoms with Crippen molar-refractivity contribution in [2.75, 3.05) is 6.61 Å². The zero-order valence-electron chi connectivity index (χ0n) is 8.78. The molecule has 2 nitrogen and oxygen atoms in total. The number of rotatable bonds is 4. The van der Waals surface area contributed by atoms with Crippen LogP contribution in [-0.2, 0) is 21.1 Å². The number of benzene rings is 1. The van der Waals surface area contributed by atoms with E-state index in [1.807, 2.05) is 31.5 Å². The van der Waals surface area contributed by atoms with Crippen molar-refractivity contribution in [3.63, 3.8) is 0 Å². The summed E-state index contributed by atoms with van der Waals surface area (Å²) in [5, 5.41) is 0. The van der Waals surface area contributed by atoms with Gasteiger partial charge in [-0.1, -0.05) is 18.2 Å². The molecular weight excluding hydrogens is 309 g/mol. The van der Waals surface area contributed by atoms with Gasteiger partial charge in [0, 0.05) is 0 Å². The second-order valence-corrected chi connectivity index (χ2v) is 2.70. The van der Waals surface area contributed by atoms with Gasteiger partial charge in [0.25, 0.3) is 0 Å². The van der Waals surface area contributed by atoms with Crippen LogP contribution in [0.2, 0.25) is 0 Å². The van der Waals surface area contributed by atoms with Crippen LogP contribution in [0.1, 0.15) is 23.7 Å². The Balaban J connectivity index is 0.000000921. The maximum absolute atomic E-state index is 11.3. The van der Waals surface area contributed by atoms with Crippen molar-refractivity contribution in [2.45, 2.75) is 13.3 Å². The first kappa shape index (κ1) is 14.8. The average Bonchev–Trinajstić information content (AvgIpc) is 2.33. The molecule has 0 aliphatic heterocycles. The van der Waals surface area contributed by atoms with E-state index in [1.165, 1.54) is 16.3 Å². The molecule has 1 aromatic rings. The van der Waals surface area contributed by atoms with Crippen molar-refractivity contribution < 1.29 is 25.9 Å². The van der Waals surface area contributed by atoms with Crippen LogP contribution < -0.4 is 0 Å². The molecule has 0 N–H and O–H groups in total. The van der Waals surface area contributed by atoms with E-state index < -0.39 is 0 Å². The van der Waals surface area contributed by atoms with E-state index in [-0.39, 0.29) is 5.97 Å². The van der Waals surface area contributed by atoms with Gasteiger partial charge in [-0.3, -0.25) is 0 Å². The van der Waals surface area contributed by atoms with E-state index in [1.54, 1.807) is 12.1 Å². The molecule has 0 radical (unpaired) electrons. The van der Waals surface area contributed by atoms with Gasteiger partial charge in [0.15, 0.2) is 0 Å². The molecule has 0 aliphatic rings. The minimum atomic E-state index is -0.248. The van der Waals surface area contributed by atoms with Gasteiger partial charge in [0.2, 0.25) is 0 Å².